The number of hydrogen-bond acceptors (Lipinski definition) is 2. The third-order valence-electron chi connectivity index (χ3n) is 11.1. The maximum absolute atomic E-state index is 10.7. The van der Waals surface area contributed by atoms with Crippen molar-refractivity contribution in [3.8, 4) is 40.3 Å². The molecule has 0 saturated heterocycles. The third-order valence-corrected chi connectivity index (χ3v) is 11.1. The van der Waals surface area contributed by atoms with Crippen LogP contribution in [0.25, 0.3) is 93.6 Å². The van der Waals surface area contributed by atoms with Gasteiger partial charge in [0.15, 0.2) is 0 Å². The summed E-state index contributed by atoms with van der Waals surface area (Å²) in [6.07, 6.45) is 0. The molecule has 0 aliphatic carbocycles. The van der Waals surface area contributed by atoms with E-state index in [-0.39, 0.29) is 0 Å². The van der Waals surface area contributed by atoms with Gasteiger partial charge in [0.1, 0.15) is 6.07 Å². The predicted molar refractivity (Wildman–Crippen MR) is 224 cm³/mol. The fourth-order valence-electron chi connectivity index (χ4n) is 8.76. The van der Waals surface area contributed by atoms with E-state index < -0.39 is 0 Å². The summed E-state index contributed by atoms with van der Waals surface area (Å²) in [6.45, 7) is 0. The Labute approximate surface area is 316 Å². The molecular formula is C50H29N5. The fourth-order valence-corrected chi connectivity index (χ4v) is 8.76. The average Bonchev–Trinajstić information content (AvgIpc) is 3.88. The van der Waals surface area contributed by atoms with Crippen LogP contribution in [0.5, 0.6) is 0 Å². The highest BCUT2D eigenvalue weighted by atomic mass is 15.0. The molecule has 5 nitrogen and oxygen atoms in total. The standard InChI is InChI=1S/C50H29N5/c51-30-32-21-24-49-41(27-32)42-29-35(53-45-17-7-2-12-37(45)38-13-3-8-18-46(38)53)23-26-50(42)55(49)44-16-6-1-11-36(44)33-22-25-43(34(28-33)31-52)54-47-19-9-4-14-39(47)40-15-5-10-20-48(40)54/h1-29H. The summed E-state index contributed by atoms with van der Waals surface area (Å²) in [4.78, 5) is 0. The minimum Gasteiger partial charge on any atom is -0.309 e. The van der Waals surface area contributed by atoms with Gasteiger partial charge in [-0.15, -0.1) is 0 Å². The van der Waals surface area contributed by atoms with Crippen LogP contribution in [0.4, 0.5) is 0 Å². The molecule has 0 atom stereocenters. The highest BCUT2D eigenvalue weighted by Gasteiger charge is 2.20. The lowest BCUT2D eigenvalue weighted by Crippen LogP contribution is -2.00. The first-order valence-electron chi connectivity index (χ1n) is 18.3. The Bertz CT molecular complexity index is 3360. The van der Waals surface area contributed by atoms with Crippen LogP contribution in [0.1, 0.15) is 11.1 Å². The Morgan fingerprint density at radius 1 is 0.345 bits per heavy atom. The van der Waals surface area contributed by atoms with Crippen LogP contribution >= 0.6 is 0 Å². The monoisotopic (exact) mass is 699 g/mol. The molecule has 0 aliphatic heterocycles. The largest absolute Gasteiger partial charge is 0.309 e. The van der Waals surface area contributed by atoms with E-state index in [2.05, 4.69) is 165 Å². The van der Waals surface area contributed by atoms with Crippen molar-refractivity contribution in [1.29, 1.82) is 10.5 Å². The Hall–Kier alpha value is -7.86. The van der Waals surface area contributed by atoms with Crippen LogP contribution in [0.3, 0.4) is 0 Å². The zero-order valence-corrected chi connectivity index (χ0v) is 29.5. The molecule has 0 amide bonds. The second-order valence-electron chi connectivity index (χ2n) is 14.0. The van der Waals surface area contributed by atoms with Gasteiger partial charge in [-0.2, -0.15) is 10.5 Å². The topological polar surface area (TPSA) is 62.4 Å². The zero-order chi connectivity index (χ0) is 36.6. The first kappa shape index (κ1) is 30.7. The van der Waals surface area contributed by atoms with E-state index in [0.717, 1.165) is 82.8 Å². The van der Waals surface area contributed by atoms with Crippen molar-refractivity contribution in [3.63, 3.8) is 0 Å². The number of nitrogens with zero attached hydrogens (tertiary/aromatic N) is 5. The lowest BCUT2D eigenvalue weighted by atomic mass is 10.00. The van der Waals surface area contributed by atoms with Gasteiger partial charge < -0.3 is 13.7 Å². The van der Waals surface area contributed by atoms with E-state index in [1.807, 2.05) is 36.4 Å². The molecule has 3 aromatic heterocycles. The highest BCUT2D eigenvalue weighted by Crippen LogP contribution is 2.40. The van der Waals surface area contributed by atoms with Crippen LogP contribution in [0.15, 0.2) is 176 Å². The lowest BCUT2D eigenvalue weighted by molar-refractivity contribution is 1.16. The number of hydrogen-bond donors (Lipinski definition) is 0. The number of nitriles is 2. The van der Waals surface area contributed by atoms with Crippen molar-refractivity contribution >= 4 is 65.4 Å². The Balaban J connectivity index is 1.13. The van der Waals surface area contributed by atoms with Gasteiger partial charge in [-0.25, -0.2) is 0 Å². The van der Waals surface area contributed by atoms with E-state index in [0.29, 0.717) is 11.1 Å². The average molecular weight is 700 g/mol. The van der Waals surface area contributed by atoms with Gasteiger partial charge in [0.05, 0.1) is 61.7 Å². The van der Waals surface area contributed by atoms with Crippen molar-refractivity contribution in [3.05, 3.63) is 187 Å². The first-order valence-corrected chi connectivity index (χ1v) is 18.3. The molecule has 254 valence electrons. The molecule has 0 spiro atoms. The number of benzene rings is 8. The summed E-state index contributed by atoms with van der Waals surface area (Å²) in [5, 5.41) is 27.4. The SMILES string of the molecule is N#Cc1ccc2c(c1)c1cc(-n3c4ccccc4c4ccccc43)ccc1n2-c1ccccc1-c1ccc(-n2c3ccccc3c3ccccc32)c(C#N)c1. The Kier molecular flexibility index (Phi) is 6.61. The van der Waals surface area contributed by atoms with E-state index >= 15 is 0 Å². The molecule has 0 saturated carbocycles. The van der Waals surface area contributed by atoms with E-state index in [1.54, 1.807) is 0 Å². The third kappa shape index (κ3) is 4.45. The van der Waals surface area contributed by atoms with Gasteiger partial charge in [-0.1, -0.05) is 97.1 Å². The molecule has 0 bridgehead atoms. The minimum absolute atomic E-state index is 0.593. The van der Waals surface area contributed by atoms with Gasteiger partial charge in [0.2, 0.25) is 0 Å². The van der Waals surface area contributed by atoms with Gasteiger partial charge in [-0.05, 0) is 84.4 Å². The molecule has 3 heterocycles. The maximum atomic E-state index is 10.7. The summed E-state index contributed by atoms with van der Waals surface area (Å²) in [7, 11) is 0. The van der Waals surface area contributed by atoms with Gasteiger partial charge in [-0.3, -0.25) is 0 Å². The van der Waals surface area contributed by atoms with Crippen molar-refractivity contribution in [1.82, 2.24) is 13.7 Å². The fraction of sp³-hybridized carbons (Fsp3) is 0. The van der Waals surface area contributed by atoms with Crippen LogP contribution in [-0.4, -0.2) is 13.7 Å². The molecule has 0 radical (unpaired) electrons. The van der Waals surface area contributed by atoms with Gasteiger partial charge >= 0.3 is 0 Å². The molecular weight excluding hydrogens is 671 g/mol. The minimum atomic E-state index is 0.593. The van der Waals surface area contributed by atoms with Crippen LogP contribution in [-0.2, 0) is 0 Å². The molecule has 0 aliphatic rings. The number of rotatable bonds is 4. The van der Waals surface area contributed by atoms with Crippen molar-refractivity contribution < 1.29 is 0 Å². The number of fused-ring (bicyclic) bond motifs is 9. The highest BCUT2D eigenvalue weighted by molar-refractivity contribution is 6.13. The number of aromatic nitrogens is 3. The van der Waals surface area contributed by atoms with Crippen LogP contribution < -0.4 is 0 Å². The molecule has 8 aromatic carbocycles. The quantitative estimate of drug-likeness (QED) is 0.184. The Morgan fingerprint density at radius 3 is 1.44 bits per heavy atom. The van der Waals surface area contributed by atoms with Crippen LogP contribution in [0.2, 0.25) is 0 Å². The lowest BCUT2D eigenvalue weighted by Gasteiger charge is -2.16. The van der Waals surface area contributed by atoms with Gasteiger partial charge in [0, 0.05) is 43.6 Å². The predicted octanol–water partition coefficient (Wildman–Crippen LogP) is 12.4. The van der Waals surface area contributed by atoms with Crippen molar-refractivity contribution in [2.45, 2.75) is 0 Å². The molecule has 0 N–H and O–H groups in total. The molecule has 55 heavy (non-hydrogen) atoms. The Morgan fingerprint density at radius 2 is 0.836 bits per heavy atom. The van der Waals surface area contributed by atoms with Crippen molar-refractivity contribution in [2.75, 3.05) is 0 Å². The molecule has 0 fully saturated rings. The van der Waals surface area contributed by atoms with E-state index in [9.17, 15) is 10.5 Å². The zero-order valence-electron chi connectivity index (χ0n) is 29.5. The van der Waals surface area contributed by atoms with Crippen molar-refractivity contribution in [2.24, 2.45) is 0 Å². The normalized spacial score (nSPS) is 11.6. The summed E-state index contributed by atoms with van der Waals surface area (Å²) in [5.74, 6) is 0. The van der Waals surface area contributed by atoms with Crippen LogP contribution in [0, 0.1) is 22.7 Å². The smallest absolute Gasteiger partial charge is 0.101 e. The maximum Gasteiger partial charge on any atom is 0.101 e. The summed E-state index contributed by atoms with van der Waals surface area (Å²) >= 11 is 0. The van der Waals surface area contributed by atoms with Gasteiger partial charge in [0.25, 0.3) is 0 Å². The van der Waals surface area contributed by atoms with E-state index in [4.69, 9.17) is 0 Å². The molecule has 0 unspecified atom stereocenters. The molecule has 11 rings (SSSR count). The molecule has 5 heteroatoms. The first-order chi connectivity index (χ1) is 27.2. The second kappa shape index (κ2) is 11.8. The number of para-hydroxylation sites is 5. The molecule has 11 aromatic rings. The summed E-state index contributed by atoms with van der Waals surface area (Å²) in [5.41, 5.74) is 12.5. The summed E-state index contributed by atoms with van der Waals surface area (Å²) in [6, 6.07) is 65.9. The van der Waals surface area contributed by atoms with E-state index in [1.165, 1.54) is 10.8 Å². The summed E-state index contributed by atoms with van der Waals surface area (Å²) < 4.78 is 6.83. The second-order valence-corrected chi connectivity index (χ2v) is 14.0.